The van der Waals surface area contributed by atoms with Crippen molar-refractivity contribution in [3.63, 3.8) is 0 Å². The first-order valence-electron chi connectivity index (χ1n) is 4.61. The SMILES string of the molecule is O=C(Cn1ccnc1)c1ccc(F)c(F)c1. The lowest BCUT2D eigenvalue weighted by Gasteiger charge is -2.02. The summed E-state index contributed by atoms with van der Waals surface area (Å²) in [6, 6.07) is 3.10. The number of benzene rings is 1. The molecular weight excluding hydrogens is 214 g/mol. The van der Waals surface area contributed by atoms with Crippen molar-refractivity contribution in [1.29, 1.82) is 0 Å². The Morgan fingerprint density at radius 2 is 2.12 bits per heavy atom. The standard InChI is InChI=1S/C11H8F2N2O/c12-9-2-1-8(5-10(9)13)11(16)6-15-4-3-14-7-15/h1-5,7H,6H2. The van der Waals surface area contributed by atoms with E-state index in [0.29, 0.717) is 0 Å². The van der Waals surface area contributed by atoms with Crippen LogP contribution in [-0.4, -0.2) is 15.3 Å². The van der Waals surface area contributed by atoms with E-state index < -0.39 is 11.6 Å². The number of hydrogen-bond donors (Lipinski definition) is 0. The molecule has 0 N–H and O–H groups in total. The van der Waals surface area contributed by atoms with Crippen LogP contribution < -0.4 is 0 Å². The van der Waals surface area contributed by atoms with Gasteiger partial charge in [0.15, 0.2) is 17.4 Å². The van der Waals surface area contributed by atoms with E-state index in [4.69, 9.17) is 0 Å². The van der Waals surface area contributed by atoms with Crippen molar-refractivity contribution in [3.05, 3.63) is 54.1 Å². The van der Waals surface area contributed by atoms with Crippen LogP contribution in [0, 0.1) is 11.6 Å². The number of rotatable bonds is 3. The van der Waals surface area contributed by atoms with Gasteiger partial charge in [0.1, 0.15) is 0 Å². The molecular formula is C11H8F2N2O. The Balaban J connectivity index is 2.18. The molecule has 0 aliphatic heterocycles. The van der Waals surface area contributed by atoms with Crippen LogP contribution in [0.2, 0.25) is 0 Å². The zero-order valence-electron chi connectivity index (χ0n) is 8.23. The largest absolute Gasteiger partial charge is 0.330 e. The molecule has 0 spiro atoms. The van der Waals surface area contributed by atoms with Gasteiger partial charge in [-0.3, -0.25) is 4.79 Å². The van der Waals surface area contributed by atoms with E-state index in [1.165, 1.54) is 12.4 Å². The summed E-state index contributed by atoms with van der Waals surface area (Å²) in [4.78, 5) is 15.4. The maximum atomic E-state index is 12.9. The van der Waals surface area contributed by atoms with Gasteiger partial charge in [0.05, 0.1) is 12.9 Å². The van der Waals surface area contributed by atoms with Gasteiger partial charge in [-0.15, -0.1) is 0 Å². The topological polar surface area (TPSA) is 34.9 Å². The highest BCUT2D eigenvalue weighted by molar-refractivity contribution is 5.95. The molecule has 16 heavy (non-hydrogen) atoms. The Kier molecular flexibility index (Phi) is 2.76. The molecule has 0 unspecified atom stereocenters. The van der Waals surface area contributed by atoms with E-state index in [1.54, 1.807) is 17.0 Å². The number of carbonyl (C=O) groups is 1. The minimum Gasteiger partial charge on any atom is -0.330 e. The van der Waals surface area contributed by atoms with Crippen LogP contribution >= 0.6 is 0 Å². The minimum atomic E-state index is -1.02. The molecule has 0 radical (unpaired) electrons. The molecule has 3 nitrogen and oxygen atoms in total. The molecule has 0 fully saturated rings. The molecule has 1 aromatic carbocycles. The smallest absolute Gasteiger partial charge is 0.182 e. The molecule has 0 atom stereocenters. The summed E-state index contributed by atoms with van der Waals surface area (Å²) in [7, 11) is 0. The summed E-state index contributed by atoms with van der Waals surface area (Å²) >= 11 is 0. The van der Waals surface area contributed by atoms with E-state index in [0.717, 1.165) is 12.1 Å². The Labute approximate surface area is 90.3 Å². The Bertz CT molecular complexity index is 509. The first kappa shape index (κ1) is 10.5. The fourth-order valence-corrected chi connectivity index (χ4v) is 1.31. The van der Waals surface area contributed by atoms with Crippen LogP contribution in [0.5, 0.6) is 0 Å². The van der Waals surface area contributed by atoms with E-state index in [-0.39, 0.29) is 17.9 Å². The minimum absolute atomic E-state index is 0.0606. The van der Waals surface area contributed by atoms with E-state index in [9.17, 15) is 13.6 Å². The first-order chi connectivity index (χ1) is 7.66. The van der Waals surface area contributed by atoms with Gasteiger partial charge in [0, 0.05) is 18.0 Å². The van der Waals surface area contributed by atoms with Crippen molar-refractivity contribution >= 4 is 5.78 Å². The number of hydrogen-bond acceptors (Lipinski definition) is 2. The Morgan fingerprint density at radius 1 is 1.31 bits per heavy atom. The molecule has 82 valence electrons. The van der Waals surface area contributed by atoms with E-state index in [2.05, 4.69) is 4.98 Å². The quantitative estimate of drug-likeness (QED) is 0.745. The second kappa shape index (κ2) is 4.22. The third kappa shape index (κ3) is 2.13. The average Bonchev–Trinajstić information content (AvgIpc) is 2.74. The Hall–Kier alpha value is -2.04. The molecule has 0 amide bonds. The summed E-state index contributed by atoms with van der Waals surface area (Å²) in [6.45, 7) is 0.0606. The summed E-state index contributed by atoms with van der Waals surface area (Å²) in [6.07, 6.45) is 4.65. The summed E-state index contributed by atoms with van der Waals surface area (Å²) in [5.74, 6) is -2.27. The van der Waals surface area contributed by atoms with Gasteiger partial charge in [-0.05, 0) is 18.2 Å². The molecule has 0 aliphatic carbocycles. The average molecular weight is 222 g/mol. The number of aromatic nitrogens is 2. The second-order valence-corrected chi connectivity index (χ2v) is 3.29. The predicted octanol–water partition coefficient (Wildman–Crippen LogP) is 2.04. The highest BCUT2D eigenvalue weighted by Gasteiger charge is 2.09. The fourth-order valence-electron chi connectivity index (χ4n) is 1.31. The van der Waals surface area contributed by atoms with Crippen molar-refractivity contribution in [2.75, 3.05) is 0 Å². The molecule has 1 aromatic heterocycles. The van der Waals surface area contributed by atoms with Crippen molar-refractivity contribution in [3.8, 4) is 0 Å². The number of halogens is 2. The summed E-state index contributed by atoms with van der Waals surface area (Å²) in [5, 5.41) is 0. The third-order valence-corrected chi connectivity index (χ3v) is 2.13. The van der Waals surface area contributed by atoms with Crippen LogP contribution in [0.25, 0.3) is 0 Å². The zero-order valence-corrected chi connectivity index (χ0v) is 8.23. The van der Waals surface area contributed by atoms with Gasteiger partial charge in [-0.2, -0.15) is 0 Å². The highest BCUT2D eigenvalue weighted by atomic mass is 19.2. The van der Waals surface area contributed by atoms with E-state index in [1.807, 2.05) is 0 Å². The Morgan fingerprint density at radius 3 is 2.75 bits per heavy atom. The number of nitrogens with zero attached hydrogens (tertiary/aromatic N) is 2. The van der Waals surface area contributed by atoms with E-state index >= 15 is 0 Å². The van der Waals surface area contributed by atoms with Crippen LogP contribution in [0.15, 0.2) is 36.9 Å². The van der Waals surface area contributed by atoms with Gasteiger partial charge in [-0.1, -0.05) is 0 Å². The monoisotopic (exact) mass is 222 g/mol. The van der Waals surface area contributed by atoms with Gasteiger partial charge >= 0.3 is 0 Å². The van der Waals surface area contributed by atoms with Gasteiger partial charge < -0.3 is 4.57 Å². The maximum absolute atomic E-state index is 12.9. The second-order valence-electron chi connectivity index (χ2n) is 3.29. The predicted molar refractivity (Wildman–Crippen MR) is 52.9 cm³/mol. The first-order valence-corrected chi connectivity index (χ1v) is 4.61. The lowest BCUT2D eigenvalue weighted by molar-refractivity contribution is 0.0971. The van der Waals surface area contributed by atoms with Crippen molar-refractivity contribution in [2.45, 2.75) is 6.54 Å². The molecule has 0 saturated heterocycles. The van der Waals surface area contributed by atoms with Crippen molar-refractivity contribution in [1.82, 2.24) is 9.55 Å². The number of ketones is 1. The lowest BCUT2D eigenvalue weighted by atomic mass is 10.1. The molecule has 0 bridgehead atoms. The number of carbonyl (C=O) groups excluding carboxylic acids is 1. The van der Waals surface area contributed by atoms with Crippen molar-refractivity contribution in [2.24, 2.45) is 0 Å². The molecule has 2 aromatic rings. The molecule has 0 saturated carbocycles. The van der Waals surface area contributed by atoms with Gasteiger partial charge in [0.2, 0.25) is 0 Å². The zero-order chi connectivity index (χ0) is 11.5. The van der Waals surface area contributed by atoms with Crippen LogP contribution in [0.1, 0.15) is 10.4 Å². The van der Waals surface area contributed by atoms with Gasteiger partial charge in [-0.25, -0.2) is 13.8 Å². The normalized spacial score (nSPS) is 10.4. The maximum Gasteiger partial charge on any atom is 0.182 e. The molecule has 0 aliphatic rings. The number of imidazole rings is 1. The number of Topliss-reactive ketones (excluding diaryl/α,β-unsaturated/α-hetero) is 1. The summed E-state index contributed by atoms with van der Waals surface area (Å²) < 4.78 is 27.1. The summed E-state index contributed by atoms with van der Waals surface area (Å²) in [5.41, 5.74) is 0.146. The highest BCUT2D eigenvalue weighted by Crippen LogP contribution is 2.10. The fraction of sp³-hybridized carbons (Fsp3) is 0.0909. The molecule has 5 heteroatoms. The van der Waals surface area contributed by atoms with Crippen LogP contribution in [0.3, 0.4) is 0 Å². The molecule has 1 heterocycles. The molecule has 2 rings (SSSR count). The lowest BCUT2D eigenvalue weighted by Crippen LogP contribution is -2.09. The third-order valence-electron chi connectivity index (χ3n) is 2.13. The van der Waals surface area contributed by atoms with Crippen LogP contribution in [0.4, 0.5) is 8.78 Å². The van der Waals surface area contributed by atoms with Gasteiger partial charge in [0.25, 0.3) is 0 Å². The van der Waals surface area contributed by atoms with Crippen LogP contribution in [-0.2, 0) is 6.54 Å². The van der Waals surface area contributed by atoms with Crippen molar-refractivity contribution < 1.29 is 13.6 Å².